The number of nitrogens with one attached hydrogen (secondary N) is 1. The molecule has 0 fully saturated rings. The summed E-state index contributed by atoms with van der Waals surface area (Å²) in [6, 6.07) is 10.5. The molecule has 0 aliphatic carbocycles. The highest BCUT2D eigenvalue weighted by atomic mass is 16.5. The molecule has 0 saturated carbocycles. The van der Waals surface area contributed by atoms with Gasteiger partial charge in [0.1, 0.15) is 5.75 Å². The Morgan fingerprint density at radius 3 is 2.71 bits per heavy atom. The SMILES string of the molecule is CCNC(c1cc(C)ccc1OC)c1ncccc1CC. The molecule has 1 heterocycles. The second-order valence-corrected chi connectivity index (χ2v) is 5.14. The lowest BCUT2D eigenvalue weighted by molar-refractivity contribution is 0.403. The summed E-state index contributed by atoms with van der Waals surface area (Å²) in [7, 11) is 1.72. The summed E-state index contributed by atoms with van der Waals surface area (Å²) >= 11 is 0. The van der Waals surface area contributed by atoms with Crippen molar-refractivity contribution in [1.29, 1.82) is 0 Å². The number of ether oxygens (including phenoxy) is 1. The zero-order chi connectivity index (χ0) is 15.2. The van der Waals surface area contributed by atoms with E-state index in [9.17, 15) is 0 Å². The van der Waals surface area contributed by atoms with Crippen molar-refractivity contribution in [3.05, 3.63) is 58.9 Å². The molecule has 2 aromatic rings. The van der Waals surface area contributed by atoms with Crippen LogP contribution in [0.2, 0.25) is 0 Å². The van der Waals surface area contributed by atoms with Crippen LogP contribution < -0.4 is 10.1 Å². The third-order valence-electron chi connectivity index (χ3n) is 3.68. The van der Waals surface area contributed by atoms with E-state index in [1.807, 2.05) is 18.3 Å². The molecule has 1 aromatic carbocycles. The summed E-state index contributed by atoms with van der Waals surface area (Å²) in [4.78, 5) is 4.63. The van der Waals surface area contributed by atoms with Crippen LogP contribution in [0.1, 0.15) is 42.3 Å². The monoisotopic (exact) mass is 284 g/mol. The van der Waals surface area contributed by atoms with Gasteiger partial charge in [0.2, 0.25) is 0 Å². The number of nitrogens with zero attached hydrogens (tertiary/aromatic N) is 1. The summed E-state index contributed by atoms with van der Waals surface area (Å²) in [6.07, 6.45) is 2.83. The largest absolute Gasteiger partial charge is 0.496 e. The van der Waals surface area contributed by atoms with Crippen molar-refractivity contribution in [2.24, 2.45) is 0 Å². The predicted molar refractivity (Wildman–Crippen MR) is 86.9 cm³/mol. The Bertz CT molecular complexity index is 596. The first kappa shape index (κ1) is 15.5. The number of aryl methyl sites for hydroxylation is 2. The zero-order valence-corrected chi connectivity index (χ0v) is 13.3. The third-order valence-corrected chi connectivity index (χ3v) is 3.68. The molecule has 3 heteroatoms. The average Bonchev–Trinajstić information content (AvgIpc) is 2.52. The minimum Gasteiger partial charge on any atom is -0.496 e. The van der Waals surface area contributed by atoms with Crippen LogP contribution in [0.3, 0.4) is 0 Å². The predicted octanol–water partition coefficient (Wildman–Crippen LogP) is 3.66. The molecule has 21 heavy (non-hydrogen) atoms. The third kappa shape index (κ3) is 3.42. The van der Waals surface area contributed by atoms with Gasteiger partial charge in [-0.05, 0) is 37.6 Å². The van der Waals surface area contributed by atoms with E-state index in [1.54, 1.807) is 7.11 Å². The van der Waals surface area contributed by atoms with Crippen molar-refractivity contribution >= 4 is 0 Å². The smallest absolute Gasteiger partial charge is 0.124 e. The summed E-state index contributed by atoms with van der Waals surface area (Å²) in [5.74, 6) is 0.902. The summed E-state index contributed by atoms with van der Waals surface area (Å²) in [5.41, 5.74) is 4.73. The Morgan fingerprint density at radius 2 is 2.05 bits per heavy atom. The van der Waals surface area contributed by atoms with Crippen LogP contribution in [0.15, 0.2) is 36.5 Å². The Hall–Kier alpha value is -1.87. The van der Waals surface area contributed by atoms with Crippen molar-refractivity contribution in [2.45, 2.75) is 33.2 Å². The van der Waals surface area contributed by atoms with Crippen LogP contribution in [0, 0.1) is 6.92 Å². The summed E-state index contributed by atoms with van der Waals surface area (Å²) in [6.45, 7) is 7.26. The van der Waals surface area contributed by atoms with Gasteiger partial charge in [0.15, 0.2) is 0 Å². The van der Waals surface area contributed by atoms with E-state index in [4.69, 9.17) is 4.74 Å². The average molecular weight is 284 g/mol. The molecule has 0 aliphatic heterocycles. The fourth-order valence-corrected chi connectivity index (χ4v) is 2.65. The lowest BCUT2D eigenvalue weighted by Gasteiger charge is -2.23. The van der Waals surface area contributed by atoms with Gasteiger partial charge in [-0.3, -0.25) is 4.98 Å². The molecule has 0 aliphatic rings. The molecule has 3 nitrogen and oxygen atoms in total. The fourth-order valence-electron chi connectivity index (χ4n) is 2.65. The number of aromatic nitrogens is 1. The van der Waals surface area contributed by atoms with Gasteiger partial charge < -0.3 is 10.1 Å². The van der Waals surface area contributed by atoms with E-state index in [0.29, 0.717) is 0 Å². The lowest BCUT2D eigenvalue weighted by Crippen LogP contribution is -2.24. The molecule has 2 rings (SSSR count). The molecule has 112 valence electrons. The van der Waals surface area contributed by atoms with Crippen molar-refractivity contribution < 1.29 is 4.74 Å². The molecule has 0 amide bonds. The van der Waals surface area contributed by atoms with E-state index in [0.717, 1.165) is 30.0 Å². The molecule has 1 aromatic heterocycles. The van der Waals surface area contributed by atoms with E-state index in [1.165, 1.54) is 11.1 Å². The van der Waals surface area contributed by atoms with E-state index < -0.39 is 0 Å². The highest BCUT2D eigenvalue weighted by molar-refractivity contribution is 5.44. The molecule has 0 spiro atoms. The maximum atomic E-state index is 5.55. The van der Waals surface area contributed by atoms with Crippen LogP contribution >= 0.6 is 0 Å². The van der Waals surface area contributed by atoms with Crippen molar-refractivity contribution in [3.63, 3.8) is 0 Å². The van der Waals surface area contributed by atoms with Gasteiger partial charge >= 0.3 is 0 Å². The second-order valence-electron chi connectivity index (χ2n) is 5.14. The standard InChI is InChI=1S/C18H24N2O/c1-5-14-8-7-11-20-17(14)18(19-6-2)15-12-13(3)9-10-16(15)21-4/h7-12,18-19H,5-6H2,1-4H3. The van der Waals surface area contributed by atoms with Gasteiger partial charge in [-0.25, -0.2) is 0 Å². The van der Waals surface area contributed by atoms with Crippen LogP contribution in [0.4, 0.5) is 0 Å². The Morgan fingerprint density at radius 1 is 1.24 bits per heavy atom. The lowest BCUT2D eigenvalue weighted by atomic mass is 9.96. The van der Waals surface area contributed by atoms with Gasteiger partial charge in [-0.2, -0.15) is 0 Å². The maximum Gasteiger partial charge on any atom is 0.124 e. The number of hydrogen-bond donors (Lipinski definition) is 1. The first-order valence-electron chi connectivity index (χ1n) is 7.52. The molecular weight excluding hydrogens is 260 g/mol. The van der Waals surface area contributed by atoms with Crippen molar-refractivity contribution in [1.82, 2.24) is 10.3 Å². The number of hydrogen-bond acceptors (Lipinski definition) is 3. The van der Waals surface area contributed by atoms with Gasteiger partial charge in [0.25, 0.3) is 0 Å². The zero-order valence-electron chi connectivity index (χ0n) is 13.3. The second kappa shape index (κ2) is 7.23. The summed E-state index contributed by atoms with van der Waals surface area (Å²) in [5, 5.41) is 3.55. The quantitative estimate of drug-likeness (QED) is 0.879. The van der Waals surface area contributed by atoms with E-state index in [-0.39, 0.29) is 6.04 Å². The van der Waals surface area contributed by atoms with Crippen LogP contribution in [-0.2, 0) is 6.42 Å². The van der Waals surface area contributed by atoms with Gasteiger partial charge in [-0.15, -0.1) is 0 Å². The molecule has 1 N–H and O–H groups in total. The topological polar surface area (TPSA) is 34.1 Å². The first-order valence-corrected chi connectivity index (χ1v) is 7.52. The maximum absolute atomic E-state index is 5.55. The van der Waals surface area contributed by atoms with Crippen LogP contribution in [-0.4, -0.2) is 18.6 Å². The Labute approximate surface area is 127 Å². The van der Waals surface area contributed by atoms with Crippen LogP contribution in [0.5, 0.6) is 5.75 Å². The van der Waals surface area contributed by atoms with Gasteiger partial charge in [-0.1, -0.05) is 37.6 Å². The van der Waals surface area contributed by atoms with Crippen LogP contribution in [0.25, 0.3) is 0 Å². The molecule has 1 atom stereocenters. The van der Waals surface area contributed by atoms with E-state index in [2.05, 4.69) is 49.3 Å². The number of pyridine rings is 1. The Kier molecular flexibility index (Phi) is 5.34. The number of methoxy groups -OCH3 is 1. The molecular formula is C18H24N2O. The fraction of sp³-hybridized carbons (Fsp3) is 0.389. The van der Waals surface area contributed by atoms with Gasteiger partial charge in [0.05, 0.1) is 18.8 Å². The van der Waals surface area contributed by atoms with Crippen molar-refractivity contribution in [2.75, 3.05) is 13.7 Å². The summed E-state index contributed by atoms with van der Waals surface area (Å²) < 4.78 is 5.55. The number of benzene rings is 1. The van der Waals surface area contributed by atoms with E-state index >= 15 is 0 Å². The number of rotatable bonds is 6. The molecule has 1 unspecified atom stereocenters. The Balaban J connectivity index is 2.55. The highest BCUT2D eigenvalue weighted by Gasteiger charge is 2.21. The molecule has 0 bridgehead atoms. The minimum atomic E-state index is 0.0565. The van der Waals surface area contributed by atoms with Gasteiger partial charge in [0, 0.05) is 11.8 Å². The highest BCUT2D eigenvalue weighted by Crippen LogP contribution is 2.31. The minimum absolute atomic E-state index is 0.0565. The van der Waals surface area contributed by atoms with Crippen molar-refractivity contribution in [3.8, 4) is 5.75 Å². The molecule has 0 saturated heterocycles. The molecule has 0 radical (unpaired) electrons. The first-order chi connectivity index (χ1) is 10.2. The normalized spacial score (nSPS) is 12.2.